The molecule has 1 atom stereocenters. The minimum absolute atomic E-state index is 0.151. The third-order valence-corrected chi connectivity index (χ3v) is 5.37. The summed E-state index contributed by atoms with van der Waals surface area (Å²) in [6.07, 6.45) is 0.897. The van der Waals surface area contributed by atoms with Crippen LogP contribution in [-0.2, 0) is 0 Å². The van der Waals surface area contributed by atoms with Crippen LogP contribution in [0.5, 0.6) is 0 Å². The highest BCUT2D eigenvalue weighted by Gasteiger charge is 2.27. The van der Waals surface area contributed by atoms with Crippen LogP contribution in [0.3, 0.4) is 0 Å². The van der Waals surface area contributed by atoms with Crippen molar-refractivity contribution in [1.82, 2.24) is 15.0 Å². The topological polar surface area (TPSA) is 81.9 Å². The molecule has 1 aromatic carbocycles. The summed E-state index contributed by atoms with van der Waals surface area (Å²) in [7, 11) is 0. The second kappa shape index (κ2) is 5.34. The summed E-state index contributed by atoms with van der Waals surface area (Å²) in [5, 5.41) is 1.00. The number of fused-ring (bicyclic) bond motifs is 1. The zero-order valence-electron chi connectivity index (χ0n) is 12.6. The lowest BCUT2D eigenvalue weighted by molar-refractivity contribution is 0.729. The van der Waals surface area contributed by atoms with Crippen LogP contribution in [0, 0.1) is 6.92 Å². The number of H-pyrrole nitrogens is 2. The zero-order chi connectivity index (χ0) is 16.0. The predicted octanol–water partition coefficient (Wildman–Crippen LogP) is 1.98. The molecule has 0 spiro atoms. The molecule has 118 valence electrons. The van der Waals surface area contributed by atoms with Crippen LogP contribution in [0.4, 0.5) is 5.13 Å². The molecule has 0 bridgehead atoms. The quantitative estimate of drug-likeness (QED) is 0.753. The fraction of sp³-hybridized carbons (Fsp3) is 0.312. The van der Waals surface area contributed by atoms with Crippen LogP contribution in [0.1, 0.15) is 23.6 Å². The van der Waals surface area contributed by atoms with Gasteiger partial charge in [0.05, 0.1) is 10.2 Å². The number of aromatic nitrogens is 3. The van der Waals surface area contributed by atoms with Crippen LogP contribution < -0.4 is 16.1 Å². The molecule has 1 fully saturated rings. The van der Waals surface area contributed by atoms with Gasteiger partial charge >= 0.3 is 5.69 Å². The van der Waals surface area contributed by atoms with E-state index in [2.05, 4.69) is 33.9 Å². The number of benzene rings is 1. The highest BCUT2D eigenvalue weighted by atomic mass is 32.1. The van der Waals surface area contributed by atoms with Crippen molar-refractivity contribution in [2.75, 3.05) is 18.0 Å². The molecule has 4 rings (SSSR count). The number of aromatic amines is 2. The number of aryl methyl sites for hydroxylation is 1. The largest absolute Gasteiger partial charge is 0.347 e. The fourth-order valence-corrected chi connectivity index (χ4v) is 4.18. The maximum absolute atomic E-state index is 11.5. The van der Waals surface area contributed by atoms with Crippen LogP contribution in [0.2, 0.25) is 0 Å². The summed E-state index contributed by atoms with van der Waals surface area (Å²) in [6, 6.07) is 7.69. The molecule has 7 heteroatoms. The number of nitrogens with one attached hydrogen (secondary N) is 2. The maximum Gasteiger partial charge on any atom is 0.325 e. The molecule has 1 aliphatic rings. The summed E-state index contributed by atoms with van der Waals surface area (Å²) in [5.41, 5.74) is 2.15. The number of nitrogens with zero attached hydrogens (tertiary/aromatic N) is 2. The molecule has 2 N–H and O–H groups in total. The number of hydrogen-bond acceptors (Lipinski definition) is 5. The lowest BCUT2D eigenvalue weighted by Gasteiger charge is -2.14. The van der Waals surface area contributed by atoms with E-state index in [0.29, 0.717) is 5.69 Å². The van der Waals surface area contributed by atoms with Crippen molar-refractivity contribution < 1.29 is 0 Å². The van der Waals surface area contributed by atoms with Crippen molar-refractivity contribution in [1.29, 1.82) is 0 Å². The Morgan fingerprint density at radius 2 is 2.17 bits per heavy atom. The molecule has 2 aromatic heterocycles. The Bertz CT molecular complexity index is 959. The highest BCUT2D eigenvalue weighted by molar-refractivity contribution is 7.22. The van der Waals surface area contributed by atoms with E-state index in [1.165, 1.54) is 16.3 Å². The Morgan fingerprint density at radius 3 is 2.96 bits per heavy atom. The lowest BCUT2D eigenvalue weighted by Crippen LogP contribution is -2.25. The van der Waals surface area contributed by atoms with Gasteiger partial charge in [0.2, 0.25) is 0 Å². The van der Waals surface area contributed by atoms with Crippen LogP contribution >= 0.6 is 11.3 Å². The van der Waals surface area contributed by atoms with Crippen molar-refractivity contribution in [3.05, 3.63) is 56.4 Å². The van der Waals surface area contributed by atoms with Crippen molar-refractivity contribution in [2.24, 2.45) is 0 Å². The van der Waals surface area contributed by atoms with Gasteiger partial charge in [-0.3, -0.25) is 9.78 Å². The van der Waals surface area contributed by atoms with Gasteiger partial charge in [-0.05, 0) is 25.0 Å². The maximum atomic E-state index is 11.5. The van der Waals surface area contributed by atoms with E-state index in [-0.39, 0.29) is 11.5 Å². The molecule has 6 nitrogen and oxygen atoms in total. The molecule has 0 saturated carbocycles. The number of hydrogen-bond donors (Lipinski definition) is 2. The average Bonchev–Trinajstić information content (AvgIpc) is 3.13. The van der Waals surface area contributed by atoms with Gasteiger partial charge in [0.25, 0.3) is 5.56 Å². The van der Waals surface area contributed by atoms with Gasteiger partial charge in [-0.25, -0.2) is 9.78 Å². The minimum Gasteiger partial charge on any atom is -0.347 e. The Kier molecular flexibility index (Phi) is 3.30. The Balaban J connectivity index is 1.63. The Morgan fingerprint density at radius 1 is 1.30 bits per heavy atom. The second-order valence-corrected chi connectivity index (χ2v) is 6.90. The van der Waals surface area contributed by atoms with Crippen LogP contribution in [0.15, 0.2) is 33.9 Å². The minimum atomic E-state index is -0.443. The highest BCUT2D eigenvalue weighted by Crippen LogP contribution is 2.35. The third-order valence-electron chi connectivity index (χ3n) is 4.29. The van der Waals surface area contributed by atoms with Gasteiger partial charge in [-0.1, -0.05) is 23.5 Å². The molecule has 1 saturated heterocycles. The first-order valence-electron chi connectivity index (χ1n) is 7.55. The monoisotopic (exact) mass is 328 g/mol. The van der Waals surface area contributed by atoms with Crippen LogP contribution in [0.25, 0.3) is 10.2 Å². The van der Waals surface area contributed by atoms with Crippen LogP contribution in [-0.4, -0.2) is 28.0 Å². The molecule has 1 unspecified atom stereocenters. The van der Waals surface area contributed by atoms with E-state index in [1.807, 2.05) is 6.07 Å². The first-order chi connectivity index (χ1) is 11.1. The van der Waals surface area contributed by atoms with Gasteiger partial charge < -0.3 is 9.88 Å². The van der Waals surface area contributed by atoms with E-state index < -0.39 is 5.69 Å². The van der Waals surface area contributed by atoms with Crippen molar-refractivity contribution in [3.8, 4) is 0 Å². The van der Waals surface area contributed by atoms with E-state index >= 15 is 0 Å². The van der Waals surface area contributed by atoms with Gasteiger partial charge in [0, 0.05) is 30.8 Å². The molecule has 0 radical (unpaired) electrons. The SMILES string of the molecule is Cc1cccc2sc(N3CCC(c4cc(=O)[nH]c(=O)[nH]4)C3)nc12. The average molecular weight is 328 g/mol. The molecule has 23 heavy (non-hydrogen) atoms. The molecule has 3 heterocycles. The second-order valence-electron chi connectivity index (χ2n) is 5.89. The smallest absolute Gasteiger partial charge is 0.325 e. The summed E-state index contributed by atoms with van der Waals surface area (Å²) >= 11 is 1.69. The fourth-order valence-electron chi connectivity index (χ4n) is 3.11. The summed E-state index contributed by atoms with van der Waals surface area (Å²) in [5.74, 6) is 0.151. The normalized spacial score (nSPS) is 18.0. The molecule has 3 aromatic rings. The van der Waals surface area contributed by atoms with Gasteiger partial charge in [0.1, 0.15) is 0 Å². The van der Waals surface area contributed by atoms with Gasteiger partial charge in [0.15, 0.2) is 5.13 Å². The number of rotatable bonds is 2. The standard InChI is InChI=1S/C16H16N4O2S/c1-9-3-2-4-12-14(9)19-16(23-12)20-6-5-10(8-20)11-7-13(21)18-15(22)17-11/h2-4,7,10H,5-6,8H2,1H3,(H2,17,18,21,22). The third kappa shape index (κ3) is 2.57. The van der Waals surface area contributed by atoms with E-state index in [4.69, 9.17) is 4.98 Å². The van der Waals surface area contributed by atoms with E-state index in [0.717, 1.165) is 30.2 Å². The first-order valence-corrected chi connectivity index (χ1v) is 8.36. The zero-order valence-corrected chi connectivity index (χ0v) is 13.4. The Hall–Kier alpha value is -2.41. The van der Waals surface area contributed by atoms with Crippen molar-refractivity contribution >= 4 is 26.7 Å². The number of thiazole rings is 1. The van der Waals surface area contributed by atoms with Gasteiger partial charge in [-0.15, -0.1) is 0 Å². The molecule has 1 aliphatic heterocycles. The van der Waals surface area contributed by atoms with E-state index in [9.17, 15) is 9.59 Å². The Labute approximate surface area is 135 Å². The lowest BCUT2D eigenvalue weighted by atomic mass is 10.1. The van der Waals surface area contributed by atoms with Crippen molar-refractivity contribution in [3.63, 3.8) is 0 Å². The first kappa shape index (κ1) is 14.2. The van der Waals surface area contributed by atoms with Gasteiger partial charge in [-0.2, -0.15) is 0 Å². The summed E-state index contributed by atoms with van der Waals surface area (Å²) in [4.78, 5) is 34.9. The predicted molar refractivity (Wildman–Crippen MR) is 91.6 cm³/mol. The molecular weight excluding hydrogens is 312 g/mol. The van der Waals surface area contributed by atoms with E-state index in [1.54, 1.807) is 11.3 Å². The summed E-state index contributed by atoms with van der Waals surface area (Å²) in [6.45, 7) is 3.70. The molecule has 0 aliphatic carbocycles. The van der Waals surface area contributed by atoms with Crippen molar-refractivity contribution in [2.45, 2.75) is 19.3 Å². The number of anilines is 1. The number of para-hydroxylation sites is 1. The molecular formula is C16H16N4O2S. The molecule has 0 amide bonds. The summed E-state index contributed by atoms with van der Waals surface area (Å²) < 4.78 is 1.19.